The van der Waals surface area contributed by atoms with Gasteiger partial charge in [0.1, 0.15) is 0 Å². The smallest absolute Gasteiger partial charge is 0.0752 e. The summed E-state index contributed by atoms with van der Waals surface area (Å²) in [5.41, 5.74) is 3.74. The Morgan fingerprint density at radius 3 is 2.22 bits per heavy atom. The molecule has 18 heavy (non-hydrogen) atoms. The van der Waals surface area contributed by atoms with Crippen LogP contribution in [0.5, 0.6) is 0 Å². The topological polar surface area (TPSA) is 20.2 Å². The molecule has 0 unspecified atom stereocenters. The van der Waals surface area contributed by atoms with E-state index in [1.807, 2.05) is 0 Å². The van der Waals surface area contributed by atoms with Crippen molar-refractivity contribution in [2.24, 2.45) is 5.92 Å². The molecule has 0 rings (SSSR count). The molecule has 0 aromatic carbocycles. The zero-order valence-corrected chi connectivity index (χ0v) is 12.8. The molecule has 0 spiro atoms. The standard InChI is InChI=1S/C17H30O/c1-13(2)9-7-10-15(5)11-8-12-17(18)16(6)14(3)4/h9,11,14,17-18H,6-8,10,12H2,1-5H3/b15-11+/t17-/m1/s1. The van der Waals surface area contributed by atoms with E-state index in [2.05, 4.69) is 53.3 Å². The summed E-state index contributed by atoms with van der Waals surface area (Å²) >= 11 is 0. The van der Waals surface area contributed by atoms with Crippen molar-refractivity contribution in [1.82, 2.24) is 0 Å². The molecule has 0 aliphatic heterocycles. The predicted octanol–water partition coefficient (Wildman–Crippen LogP) is 5.03. The van der Waals surface area contributed by atoms with Crippen LogP contribution < -0.4 is 0 Å². The molecule has 0 saturated carbocycles. The van der Waals surface area contributed by atoms with Crippen molar-refractivity contribution >= 4 is 0 Å². The van der Waals surface area contributed by atoms with Gasteiger partial charge in [-0.2, -0.15) is 0 Å². The summed E-state index contributed by atoms with van der Waals surface area (Å²) in [4.78, 5) is 0. The van der Waals surface area contributed by atoms with E-state index in [1.54, 1.807) is 0 Å². The van der Waals surface area contributed by atoms with Crippen molar-refractivity contribution in [3.05, 3.63) is 35.5 Å². The molecule has 0 aromatic rings. The molecule has 1 N–H and O–H groups in total. The molecule has 104 valence electrons. The number of aliphatic hydroxyl groups excluding tert-OH is 1. The van der Waals surface area contributed by atoms with Crippen LogP contribution in [0.2, 0.25) is 0 Å². The molecule has 0 aliphatic rings. The van der Waals surface area contributed by atoms with Crippen LogP contribution in [0, 0.1) is 5.92 Å². The van der Waals surface area contributed by atoms with Crippen LogP contribution in [-0.2, 0) is 0 Å². The Kier molecular flexibility index (Phi) is 8.74. The van der Waals surface area contributed by atoms with Crippen molar-refractivity contribution in [3.8, 4) is 0 Å². The van der Waals surface area contributed by atoms with Gasteiger partial charge in [-0.25, -0.2) is 0 Å². The first kappa shape index (κ1) is 17.2. The van der Waals surface area contributed by atoms with E-state index in [0.29, 0.717) is 5.92 Å². The lowest BCUT2D eigenvalue weighted by molar-refractivity contribution is 0.191. The molecule has 0 heterocycles. The Hall–Kier alpha value is -0.820. The first-order chi connectivity index (χ1) is 8.34. The van der Waals surface area contributed by atoms with Crippen molar-refractivity contribution in [2.75, 3.05) is 0 Å². The third kappa shape index (κ3) is 8.30. The number of aliphatic hydroxyl groups is 1. The quantitative estimate of drug-likeness (QED) is 0.599. The van der Waals surface area contributed by atoms with Gasteiger partial charge in [0.05, 0.1) is 6.10 Å². The normalized spacial score (nSPS) is 13.6. The van der Waals surface area contributed by atoms with Gasteiger partial charge in [-0.3, -0.25) is 0 Å². The van der Waals surface area contributed by atoms with Gasteiger partial charge >= 0.3 is 0 Å². The van der Waals surface area contributed by atoms with Crippen molar-refractivity contribution in [1.29, 1.82) is 0 Å². The van der Waals surface area contributed by atoms with Crippen LogP contribution in [0.3, 0.4) is 0 Å². The molecular formula is C17H30O. The van der Waals surface area contributed by atoms with Gasteiger partial charge in [0, 0.05) is 0 Å². The van der Waals surface area contributed by atoms with Gasteiger partial charge in [0.2, 0.25) is 0 Å². The third-order valence-electron chi connectivity index (χ3n) is 3.19. The average molecular weight is 250 g/mol. The molecule has 1 atom stereocenters. The summed E-state index contributed by atoms with van der Waals surface area (Å²) in [6.45, 7) is 14.5. The van der Waals surface area contributed by atoms with E-state index in [-0.39, 0.29) is 6.10 Å². The fraction of sp³-hybridized carbons (Fsp3) is 0.647. The highest BCUT2D eigenvalue weighted by atomic mass is 16.3. The lowest BCUT2D eigenvalue weighted by atomic mass is 9.96. The zero-order valence-electron chi connectivity index (χ0n) is 12.8. The van der Waals surface area contributed by atoms with Crippen LogP contribution in [0.4, 0.5) is 0 Å². The summed E-state index contributed by atoms with van der Waals surface area (Å²) < 4.78 is 0. The average Bonchev–Trinajstić information content (AvgIpc) is 2.27. The summed E-state index contributed by atoms with van der Waals surface area (Å²) in [6, 6.07) is 0. The molecular weight excluding hydrogens is 220 g/mol. The van der Waals surface area contributed by atoms with Gasteiger partial charge in [-0.1, -0.05) is 43.7 Å². The monoisotopic (exact) mass is 250 g/mol. The first-order valence-electron chi connectivity index (χ1n) is 7.00. The molecule has 0 bridgehead atoms. The van der Waals surface area contributed by atoms with Gasteiger partial charge in [-0.05, 0) is 57.9 Å². The number of hydrogen-bond acceptors (Lipinski definition) is 1. The largest absolute Gasteiger partial charge is 0.389 e. The highest BCUT2D eigenvalue weighted by Crippen LogP contribution is 2.17. The highest BCUT2D eigenvalue weighted by Gasteiger charge is 2.10. The molecule has 0 fully saturated rings. The minimum atomic E-state index is -0.355. The van der Waals surface area contributed by atoms with E-state index in [1.165, 1.54) is 11.1 Å². The van der Waals surface area contributed by atoms with Crippen LogP contribution in [0.1, 0.15) is 60.3 Å². The van der Waals surface area contributed by atoms with Gasteiger partial charge < -0.3 is 5.11 Å². The van der Waals surface area contributed by atoms with Crippen LogP contribution in [0.15, 0.2) is 35.5 Å². The number of hydrogen-bond donors (Lipinski definition) is 1. The fourth-order valence-electron chi connectivity index (χ4n) is 1.75. The summed E-state index contributed by atoms with van der Waals surface area (Å²) in [6.07, 6.45) is 8.12. The van der Waals surface area contributed by atoms with E-state index in [9.17, 15) is 5.11 Å². The van der Waals surface area contributed by atoms with Gasteiger partial charge in [0.25, 0.3) is 0 Å². The Balaban J connectivity index is 3.94. The summed E-state index contributed by atoms with van der Waals surface area (Å²) in [7, 11) is 0. The molecule has 0 amide bonds. The zero-order chi connectivity index (χ0) is 14.1. The molecule has 0 aliphatic carbocycles. The SMILES string of the molecule is C=C(C(C)C)[C@H](O)CC/C=C(\C)CCC=C(C)C. The second kappa shape index (κ2) is 9.16. The lowest BCUT2D eigenvalue weighted by Gasteiger charge is -2.16. The molecule has 0 aromatic heterocycles. The first-order valence-corrected chi connectivity index (χ1v) is 7.00. The number of allylic oxidation sites excluding steroid dienone is 4. The second-order valence-electron chi connectivity index (χ2n) is 5.69. The molecule has 1 heteroatoms. The van der Waals surface area contributed by atoms with E-state index >= 15 is 0 Å². The Labute approximate surface area is 113 Å². The maximum Gasteiger partial charge on any atom is 0.0752 e. The van der Waals surface area contributed by atoms with Crippen molar-refractivity contribution in [2.45, 2.75) is 66.4 Å². The van der Waals surface area contributed by atoms with Crippen molar-refractivity contribution in [3.63, 3.8) is 0 Å². The predicted molar refractivity (Wildman–Crippen MR) is 81.6 cm³/mol. The Morgan fingerprint density at radius 1 is 1.11 bits per heavy atom. The minimum Gasteiger partial charge on any atom is -0.389 e. The lowest BCUT2D eigenvalue weighted by Crippen LogP contribution is -2.13. The highest BCUT2D eigenvalue weighted by molar-refractivity contribution is 5.06. The molecule has 0 radical (unpaired) electrons. The molecule has 0 saturated heterocycles. The van der Waals surface area contributed by atoms with Crippen molar-refractivity contribution < 1.29 is 5.11 Å². The third-order valence-corrected chi connectivity index (χ3v) is 3.19. The summed E-state index contributed by atoms with van der Waals surface area (Å²) in [5.74, 6) is 0.364. The Morgan fingerprint density at radius 2 is 1.72 bits per heavy atom. The van der Waals surface area contributed by atoms with E-state index in [4.69, 9.17) is 0 Å². The van der Waals surface area contributed by atoms with E-state index in [0.717, 1.165) is 31.3 Å². The maximum absolute atomic E-state index is 9.91. The van der Waals surface area contributed by atoms with Crippen LogP contribution >= 0.6 is 0 Å². The Bertz CT molecular complexity index is 304. The molecule has 1 nitrogen and oxygen atoms in total. The van der Waals surface area contributed by atoms with Crippen LogP contribution in [-0.4, -0.2) is 11.2 Å². The second-order valence-corrected chi connectivity index (χ2v) is 5.69. The van der Waals surface area contributed by atoms with Gasteiger partial charge in [-0.15, -0.1) is 0 Å². The number of rotatable bonds is 8. The summed E-state index contributed by atoms with van der Waals surface area (Å²) in [5, 5.41) is 9.91. The minimum absolute atomic E-state index is 0.355. The van der Waals surface area contributed by atoms with Crippen LogP contribution in [0.25, 0.3) is 0 Å². The van der Waals surface area contributed by atoms with Gasteiger partial charge in [0.15, 0.2) is 0 Å². The maximum atomic E-state index is 9.91. The fourth-order valence-corrected chi connectivity index (χ4v) is 1.75. The van der Waals surface area contributed by atoms with E-state index < -0.39 is 0 Å².